The number of benzene rings is 3. The summed E-state index contributed by atoms with van der Waals surface area (Å²) in [5.74, 6) is -2.60. The maximum absolute atomic E-state index is 15.3. The zero-order valence-corrected chi connectivity index (χ0v) is 19.1. The molecule has 5 nitrogen and oxygen atoms in total. The molecule has 0 atom stereocenters. The summed E-state index contributed by atoms with van der Waals surface area (Å²) in [6, 6.07) is 16.3. The molecule has 4 rings (SSSR count). The molecule has 9 heteroatoms. The third-order valence-corrected chi connectivity index (χ3v) is 7.32. The van der Waals surface area contributed by atoms with E-state index in [2.05, 4.69) is 0 Å². The molecule has 1 heterocycles. The third kappa shape index (κ3) is 5.09. The minimum Gasteiger partial charge on any atom is -0.454 e. The highest BCUT2D eigenvalue weighted by Crippen LogP contribution is 2.38. The van der Waals surface area contributed by atoms with Crippen molar-refractivity contribution in [3.63, 3.8) is 0 Å². The zero-order valence-electron chi connectivity index (χ0n) is 17.5. The number of rotatable bonds is 8. The number of aryl methyl sites for hydroxylation is 1. The molecular formula is C24H19F2NO4S2. The standard InChI is InChI=1S/C24H19F2NO4S2/c1-16-13-17(7-8-21(16)25)31-24-20(15-33(29,30)12-11-28)19-9-10-27(23(19)14-22(24)26)32-18-5-3-2-4-6-18/h2-11,13-14H,12,15H2,1H3. The van der Waals surface area contributed by atoms with Gasteiger partial charge in [0.1, 0.15) is 23.6 Å². The van der Waals surface area contributed by atoms with Crippen LogP contribution in [0.15, 0.2) is 71.8 Å². The van der Waals surface area contributed by atoms with Gasteiger partial charge in [0.15, 0.2) is 21.4 Å². The number of hydrogen-bond acceptors (Lipinski definition) is 5. The molecule has 3 aromatic carbocycles. The van der Waals surface area contributed by atoms with Crippen molar-refractivity contribution in [2.45, 2.75) is 17.6 Å². The van der Waals surface area contributed by atoms with Gasteiger partial charge in [-0.1, -0.05) is 18.2 Å². The van der Waals surface area contributed by atoms with Crippen LogP contribution in [-0.2, 0) is 20.4 Å². The zero-order chi connectivity index (χ0) is 23.6. The van der Waals surface area contributed by atoms with Crippen LogP contribution in [0, 0.1) is 18.6 Å². The number of halogens is 2. The first-order chi connectivity index (χ1) is 15.8. The number of hydrogen-bond donors (Lipinski definition) is 0. The number of aldehydes is 1. The van der Waals surface area contributed by atoms with Gasteiger partial charge in [-0.3, -0.25) is 3.97 Å². The van der Waals surface area contributed by atoms with Crippen LogP contribution in [-0.4, -0.2) is 24.4 Å². The Balaban J connectivity index is 1.85. The lowest BCUT2D eigenvalue weighted by Crippen LogP contribution is -2.12. The summed E-state index contributed by atoms with van der Waals surface area (Å²) < 4.78 is 61.4. The Morgan fingerprint density at radius 3 is 2.48 bits per heavy atom. The predicted molar refractivity (Wildman–Crippen MR) is 124 cm³/mol. The van der Waals surface area contributed by atoms with Crippen LogP contribution >= 0.6 is 11.9 Å². The van der Waals surface area contributed by atoms with Gasteiger partial charge in [0.2, 0.25) is 0 Å². The molecule has 0 spiro atoms. The Hall–Kier alpha value is -3.17. The van der Waals surface area contributed by atoms with Crippen molar-refractivity contribution in [1.82, 2.24) is 3.97 Å². The number of aromatic nitrogens is 1. The van der Waals surface area contributed by atoms with Crippen LogP contribution in [0.3, 0.4) is 0 Å². The van der Waals surface area contributed by atoms with E-state index in [9.17, 15) is 17.6 Å². The monoisotopic (exact) mass is 487 g/mol. The van der Waals surface area contributed by atoms with E-state index in [4.69, 9.17) is 4.74 Å². The fourth-order valence-electron chi connectivity index (χ4n) is 3.38. The van der Waals surface area contributed by atoms with Crippen LogP contribution in [0.25, 0.3) is 10.9 Å². The summed E-state index contributed by atoms with van der Waals surface area (Å²) in [6.07, 6.45) is 2.01. The van der Waals surface area contributed by atoms with E-state index >= 15 is 4.39 Å². The minimum atomic E-state index is -3.86. The van der Waals surface area contributed by atoms with Crippen molar-refractivity contribution in [1.29, 1.82) is 0 Å². The smallest absolute Gasteiger partial charge is 0.168 e. The third-order valence-electron chi connectivity index (χ3n) is 4.95. The van der Waals surface area contributed by atoms with Crippen LogP contribution < -0.4 is 4.74 Å². The van der Waals surface area contributed by atoms with E-state index in [1.165, 1.54) is 43.1 Å². The average Bonchev–Trinajstić information content (AvgIpc) is 3.16. The molecule has 0 fully saturated rings. The first-order valence-electron chi connectivity index (χ1n) is 9.91. The van der Waals surface area contributed by atoms with Gasteiger partial charge in [-0.25, -0.2) is 17.2 Å². The van der Waals surface area contributed by atoms with Crippen LogP contribution in [0.5, 0.6) is 11.5 Å². The quantitative estimate of drug-likeness (QED) is 0.299. The highest BCUT2D eigenvalue weighted by atomic mass is 32.2. The lowest BCUT2D eigenvalue weighted by atomic mass is 10.1. The number of nitrogens with zero attached hydrogens (tertiary/aromatic N) is 1. The summed E-state index contributed by atoms with van der Waals surface area (Å²) in [5, 5.41) is 0.475. The summed E-state index contributed by atoms with van der Waals surface area (Å²) >= 11 is 1.34. The molecule has 0 aliphatic rings. The molecule has 0 saturated carbocycles. The number of carbonyl (C=O) groups is 1. The Bertz CT molecular complexity index is 1430. The van der Waals surface area contributed by atoms with Crippen molar-refractivity contribution in [2.24, 2.45) is 0 Å². The molecule has 0 aliphatic carbocycles. The molecule has 0 N–H and O–H groups in total. The van der Waals surface area contributed by atoms with Crippen LogP contribution in [0.1, 0.15) is 11.1 Å². The molecule has 0 unspecified atom stereocenters. The fraction of sp³-hybridized carbons (Fsp3) is 0.125. The lowest BCUT2D eigenvalue weighted by molar-refractivity contribution is -0.105. The van der Waals surface area contributed by atoms with E-state index in [1.54, 1.807) is 16.2 Å². The molecule has 33 heavy (non-hydrogen) atoms. The Kier molecular flexibility index (Phi) is 6.53. The molecule has 4 aromatic rings. The second kappa shape index (κ2) is 9.36. The largest absolute Gasteiger partial charge is 0.454 e. The number of sulfone groups is 1. The molecule has 170 valence electrons. The first kappa shape index (κ1) is 23.0. The molecule has 0 aliphatic heterocycles. The van der Waals surface area contributed by atoms with Crippen molar-refractivity contribution < 1.29 is 26.7 Å². The summed E-state index contributed by atoms with van der Waals surface area (Å²) in [6.45, 7) is 1.54. The van der Waals surface area contributed by atoms with Crippen molar-refractivity contribution in [3.8, 4) is 11.5 Å². The highest BCUT2D eigenvalue weighted by Gasteiger charge is 2.24. The van der Waals surface area contributed by atoms with Gasteiger partial charge in [-0.05, 0) is 60.8 Å². The Labute approximate surface area is 194 Å². The van der Waals surface area contributed by atoms with E-state index < -0.39 is 33.0 Å². The first-order valence-corrected chi connectivity index (χ1v) is 12.5. The van der Waals surface area contributed by atoms with Gasteiger partial charge in [0, 0.05) is 28.1 Å². The topological polar surface area (TPSA) is 65.4 Å². The predicted octanol–water partition coefficient (Wildman–Crippen LogP) is 5.69. The second-order valence-electron chi connectivity index (χ2n) is 7.38. The SMILES string of the molecule is Cc1cc(Oc2c(F)cc3c(ccn3Sc3ccccc3)c2CS(=O)(=O)CC=O)ccc1F. The highest BCUT2D eigenvalue weighted by molar-refractivity contribution is 7.98. The summed E-state index contributed by atoms with van der Waals surface area (Å²) in [5.41, 5.74) is 0.857. The minimum absolute atomic E-state index is 0.0984. The molecule has 0 amide bonds. The Morgan fingerprint density at radius 1 is 1.03 bits per heavy atom. The molecule has 1 aromatic heterocycles. The number of ether oxygens (including phenoxy) is 1. The van der Waals surface area contributed by atoms with Gasteiger partial charge in [0.25, 0.3) is 0 Å². The number of carbonyl (C=O) groups excluding carboxylic acids is 1. The van der Waals surface area contributed by atoms with E-state index in [0.29, 0.717) is 22.8 Å². The van der Waals surface area contributed by atoms with Crippen molar-refractivity contribution in [2.75, 3.05) is 5.75 Å². The van der Waals surface area contributed by atoms with E-state index in [0.717, 1.165) is 4.90 Å². The maximum atomic E-state index is 15.3. The van der Waals surface area contributed by atoms with Crippen LogP contribution in [0.2, 0.25) is 0 Å². The van der Waals surface area contributed by atoms with Crippen molar-refractivity contribution in [3.05, 3.63) is 89.6 Å². The lowest BCUT2D eigenvalue weighted by Gasteiger charge is -2.15. The van der Waals surface area contributed by atoms with E-state index in [-0.39, 0.29) is 17.1 Å². The maximum Gasteiger partial charge on any atom is 0.168 e. The van der Waals surface area contributed by atoms with E-state index in [1.807, 2.05) is 30.3 Å². The molecule has 0 radical (unpaired) electrons. The Morgan fingerprint density at radius 2 is 1.79 bits per heavy atom. The van der Waals surface area contributed by atoms with Crippen LogP contribution in [0.4, 0.5) is 8.78 Å². The molecule has 0 saturated heterocycles. The summed E-state index contributed by atoms with van der Waals surface area (Å²) in [7, 11) is -3.86. The van der Waals surface area contributed by atoms with Gasteiger partial charge in [-0.2, -0.15) is 0 Å². The fourth-order valence-corrected chi connectivity index (χ4v) is 5.31. The van der Waals surface area contributed by atoms with Crippen molar-refractivity contribution >= 4 is 39.0 Å². The normalized spacial score (nSPS) is 11.6. The molecular weight excluding hydrogens is 468 g/mol. The van der Waals surface area contributed by atoms with Gasteiger partial charge in [0.05, 0.1) is 11.3 Å². The average molecular weight is 488 g/mol. The number of fused-ring (bicyclic) bond motifs is 1. The van der Waals surface area contributed by atoms with Gasteiger partial charge >= 0.3 is 0 Å². The van der Waals surface area contributed by atoms with Gasteiger partial charge in [-0.15, -0.1) is 0 Å². The second-order valence-corrected chi connectivity index (χ2v) is 10.5. The summed E-state index contributed by atoms with van der Waals surface area (Å²) in [4.78, 5) is 11.8. The van der Waals surface area contributed by atoms with Gasteiger partial charge < -0.3 is 9.53 Å². The molecule has 0 bridgehead atoms.